The molecule has 2 heterocycles. The third-order valence-corrected chi connectivity index (χ3v) is 4.35. The van der Waals surface area contributed by atoms with Gasteiger partial charge in [0, 0.05) is 24.2 Å². The van der Waals surface area contributed by atoms with Crippen molar-refractivity contribution in [2.75, 3.05) is 13.2 Å². The van der Waals surface area contributed by atoms with Crippen molar-refractivity contribution in [2.24, 2.45) is 5.41 Å². The van der Waals surface area contributed by atoms with Gasteiger partial charge in [-0.1, -0.05) is 43.7 Å². The number of imidazole rings is 1. The van der Waals surface area contributed by atoms with E-state index in [-0.39, 0.29) is 5.41 Å². The highest BCUT2D eigenvalue weighted by atomic mass is 16.7. The highest BCUT2D eigenvalue weighted by Crippen LogP contribution is 2.33. The second kappa shape index (κ2) is 6.46. The van der Waals surface area contributed by atoms with Crippen molar-refractivity contribution in [3.8, 4) is 0 Å². The van der Waals surface area contributed by atoms with Crippen LogP contribution in [0.1, 0.15) is 31.4 Å². The van der Waals surface area contributed by atoms with Crippen LogP contribution in [-0.4, -0.2) is 28.6 Å². The summed E-state index contributed by atoms with van der Waals surface area (Å²) in [6, 6.07) is 8.69. The quantitative estimate of drug-likeness (QED) is 0.846. The summed E-state index contributed by atoms with van der Waals surface area (Å²) in [5, 5.41) is 0. The van der Waals surface area contributed by atoms with Crippen LogP contribution in [0, 0.1) is 12.3 Å². The highest BCUT2D eigenvalue weighted by molar-refractivity contribution is 5.21. The molecule has 0 spiro atoms. The van der Waals surface area contributed by atoms with Crippen LogP contribution in [0.3, 0.4) is 0 Å². The highest BCUT2D eigenvalue weighted by Gasteiger charge is 2.40. The fourth-order valence-electron chi connectivity index (χ4n) is 2.80. The first-order valence-electron chi connectivity index (χ1n) is 8.26. The van der Waals surface area contributed by atoms with Gasteiger partial charge in [-0.25, -0.2) is 4.98 Å². The zero-order valence-corrected chi connectivity index (χ0v) is 14.3. The molecule has 1 fully saturated rings. The van der Waals surface area contributed by atoms with E-state index in [0.29, 0.717) is 6.54 Å². The minimum absolute atomic E-state index is 0.0717. The molecule has 0 N–H and O–H groups in total. The van der Waals surface area contributed by atoms with Crippen LogP contribution in [0.2, 0.25) is 0 Å². The second-order valence-electron chi connectivity index (χ2n) is 7.37. The SMILES string of the molecule is Cc1ccc(CCC2(Cn3ccnc3)OCC(C)(C)CO2)cc1. The monoisotopic (exact) mass is 314 g/mol. The van der Waals surface area contributed by atoms with Gasteiger partial charge >= 0.3 is 0 Å². The van der Waals surface area contributed by atoms with Crippen molar-refractivity contribution in [3.05, 3.63) is 54.1 Å². The molecule has 1 aromatic carbocycles. The van der Waals surface area contributed by atoms with Gasteiger partial charge in [0.2, 0.25) is 0 Å². The van der Waals surface area contributed by atoms with E-state index in [1.165, 1.54) is 11.1 Å². The van der Waals surface area contributed by atoms with Gasteiger partial charge in [-0.3, -0.25) is 0 Å². The lowest BCUT2D eigenvalue weighted by atomic mass is 9.93. The Kier molecular flexibility index (Phi) is 4.55. The lowest BCUT2D eigenvalue weighted by Gasteiger charge is -2.43. The molecule has 0 radical (unpaired) electrons. The zero-order chi connectivity index (χ0) is 16.3. The Bertz CT molecular complexity index is 607. The fraction of sp³-hybridized carbons (Fsp3) is 0.526. The summed E-state index contributed by atoms with van der Waals surface area (Å²) in [4.78, 5) is 4.13. The molecule has 124 valence electrons. The lowest BCUT2D eigenvalue weighted by Crippen LogP contribution is -2.50. The van der Waals surface area contributed by atoms with Crippen LogP contribution in [0.5, 0.6) is 0 Å². The molecular weight excluding hydrogens is 288 g/mol. The molecule has 1 saturated heterocycles. The summed E-state index contributed by atoms with van der Waals surface area (Å²) >= 11 is 0. The van der Waals surface area contributed by atoms with Gasteiger partial charge in [0.1, 0.15) is 0 Å². The molecule has 23 heavy (non-hydrogen) atoms. The predicted octanol–water partition coefficient (Wildman–Crippen LogP) is 3.59. The molecule has 1 aliphatic heterocycles. The normalized spacial score (nSPS) is 19.6. The molecule has 0 atom stereocenters. The minimum Gasteiger partial charge on any atom is -0.348 e. The smallest absolute Gasteiger partial charge is 0.186 e. The maximum atomic E-state index is 6.23. The van der Waals surface area contributed by atoms with Gasteiger partial charge in [-0.2, -0.15) is 0 Å². The molecule has 3 rings (SSSR count). The van der Waals surface area contributed by atoms with E-state index >= 15 is 0 Å². The number of hydrogen-bond acceptors (Lipinski definition) is 3. The van der Waals surface area contributed by atoms with Crippen LogP contribution in [0.25, 0.3) is 0 Å². The number of aryl methyl sites for hydroxylation is 2. The van der Waals surface area contributed by atoms with E-state index < -0.39 is 5.79 Å². The minimum atomic E-state index is -0.568. The number of ether oxygens (including phenoxy) is 2. The number of benzene rings is 1. The van der Waals surface area contributed by atoms with Crippen LogP contribution in [-0.2, 0) is 22.4 Å². The van der Waals surface area contributed by atoms with E-state index in [2.05, 4.69) is 50.0 Å². The molecule has 1 aromatic heterocycles. The number of hydrogen-bond donors (Lipinski definition) is 0. The van der Waals surface area contributed by atoms with Gasteiger partial charge in [-0.15, -0.1) is 0 Å². The average molecular weight is 314 g/mol. The summed E-state index contributed by atoms with van der Waals surface area (Å²) in [7, 11) is 0. The lowest BCUT2D eigenvalue weighted by molar-refractivity contribution is -0.307. The molecule has 0 saturated carbocycles. The molecule has 0 unspecified atom stereocenters. The van der Waals surface area contributed by atoms with E-state index in [1.807, 2.05) is 17.1 Å². The third kappa shape index (κ3) is 4.21. The van der Waals surface area contributed by atoms with E-state index in [1.54, 1.807) is 6.20 Å². The maximum absolute atomic E-state index is 6.23. The first-order chi connectivity index (χ1) is 11.0. The number of rotatable bonds is 5. The molecular formula is C19H26N2O2. The van der Waals surface area contributed by atoms with Gasteiger partial charge in [0.15, 0.2) is 5.79 Å². The molecule has 0 bridgehead atoms. The van der Waals surface area contributed by atoms with Crippen molar-refractivity contribution in [1.82, 2.24) is 9.55 Å². The van der Waals surface area contributed by atoms with Gasteiger partial charge in [-0.05, 0) is 18.9 Å². The van der Waals surface area contributed by atoms with Crippen LogP contribution in [0.4, 0.5) is 0 Å². The number of aromatic nitrogens is 2. The Morgan fingerprint density at radius 3 is 2.43 bits per heavy atom. The van der Waals surface area contributed by atoms with Crippen LogP contribution in [0.15, 0.2) is 43.0 Å². The van der Waals surface area contributed by atoms with Gasteiger partial charge in [0.05, 0.1) is 26.1 Å². The second-order valence-corrected chi connectivity index (χ2v) is 7.37. The van der Waals surface area contributed by atoms with E-state index in [9.17, 15) is 0 Å². The van der Waals surface area contributed by atoms with Gasteiger partial charge < -0.3 is 14.0 Å². The van der Waals surface area contributed by atoms with E-state index in [0.717, 1.165) is 26.1 Å². The maximum Gasteiger partial charge on any atom is 0.186 e. The largest absolute Gasteiger partial charge is 0.348 e. The molecule has 0 amide bonds. The standard InChI is InChI=1S/C19H26N2O2/c1-16-4-6-17(7-5-16)8-9-19(12-21-11-10-20-15-21)22-13-18(2,3)14-23-19/h4-7,10-11,15H,8-9,12-14H2,1-3H3. The van der Waals surface area contributed by atoms with E-state index in [4.69, 9.17) is 9.47 Å². The zero-order valence-electron chi connectivity index (χ0n) is 14.3. The fourth-order valence-corrected chi connectivity index (χ4v) is 2.80. The Balaban J connectivity index is 1.71. The molecule has 0 aliphatic carbocycles. The predicted molar refractivity (Wildman–Crippen MR) is 90.1 cm³/mol. The average Bonchev–Trinajstić information content (AvgIpc) is 3.03. The summed E-state index contributed by atoms with van der Waals surface area (Å²) < 4.78 is 14.5. The molecule has 4 nitrogen and oxygen atoms in total. The first kappa shape index (κ1) is 16.2. The Morgan fingerprint density at radius 2 is 1.83 bits per heavy atom. The topological polar surface area (TPSA) is 36.3 Å². The first-order valence-corrected chi connectivity index (χ1v) is 8.26. The Hall–Kier alpha value is -1.65. The van der Waals surface area contributed by atoms with Gasteiger partial charge in [0.25, 0.3) is 0 Å². The van der Waals surface area contributed by atoms with Crippen molar-refractivity contribution < 1.29 is 9.47 Å². The summed E-state index contributed by atoms with van der Waals surface area (Å²) in [5.74, 6) is -0.568. The Morgan fingerprint density at radius 1 is 1.13 bits per heavy atom. The van der Waals surface area contributed by atoms with Crippen LogP contribution >= 0.6 is 0 Å². The van der Waals surface area contributed by atoms with Crippen molar-refractivity contribution >= 4 is 0 Å². The molecule has 4 heteroatoms. The summed E-state index contributed by atoms with van der Waals surface area (Å²) in [5.41, 5.74) is 2.67. The molecule has 2 aromatic rings. The summed E-state index contributed by atoms with van der Waals surface area (Å²) in [6.45, 7) is 8.57. The Labute approximate surface area is 138 Å². The molecule has 1 aliphatic rings. The van der Waals surface area contributed by atoms with Crippen LogP contribution < -0.4 is 0 Å². The van der Waals surface area contributed by atoms with Crippen molar-refractivity contribution in [2.45, 2.75) is 45.9 Å². The van der Waals surface area contributed by atoms with Crippen molar-refractivity contribution in [1.29, 1.82) is 0 Å². The summed E-state index contributed by atoms with van der Waals surface area (Å²) in [6.07, 6.45) is 7.35. The third-order valence-electron chi connectivity index (χ3n) is 4.35. The number of nitrogens with zero attached hydrogens (tertiary/aromatic N) is 2. The van der Waals surface area contributed by atoms with Crippen molar-refractivity contribution in [3.63, 3.8) is 0 Å².